The lowest BCUT2D eigenvalue weighted by atomic mass is 10.2. The van der Waals surface area contributed by atoms with Crippen molar-refractivity contribution in [2.24, 2.45) is 5.92 Å². The molecule has 0 spiro atoms. The molecule has 1 amide bonds. The standard InChI is InChI=1S/C19H24N4O2/c1-14-12-16(14)17-4-2-15(25-17)3-5-19(24)23-10-8-22(9-11-23)18-13-20-6-7-21-18/h2,4,6-7,13-14,16H,3,5,8-12H2,1H3. The van der Waals surface area contributed by atoms with E-state index in [1.165, 1.54) is 6.42 Å². The minimum absolute atomic E-state index is 0.205. The normalized spacial score (nSPS) is 22.9. The molecule has 2 aliphatic rings. The lowest BCUT2D eigenvalue weighted by Gasteiger charge is -2.35. The smallest absolute Gasteiger partial charge is 0.223 e. The van der Waals surface area contributed by atoms with Gasteiger partial charge in [-0.25, -0.2) is 4.98 Å². The molecule has 1 aliphatic carbocycles. The van der Waals surface area contributed by atoms with Gasteiger partial charge in [0.05, 0.1) is 6.20 Å². The predicted molar refractivity (Wildman–Crippen MR) is 94.4 cm³/mol. The first-order valence-corrected chi connectivity index (χ1v) is 9.08. The number of piperazine rings is 1. The lowest BCUT2D eigenvalue weighted by Crippen LogP contribution is -2.49. The lowest BCUT2D eigenvalue weighted by molar-refractivity contribution is -0.131. The molecule has 4 rings (SSSR count). The van der Waals surface area contributed by atoms with Gasteiger partial charge in [0.1, 0.15) is 17.3 Å². The van der Waals surface area contributed by atoms with Gasteiger partial charge in [-0.15, -0.1) is 0 Å². The molecule has 6 heteroatoms. The second kappa shape index (κ2) is 6.86. The van der Waals surface area contributed by atoms with Crippen molar-refractivity contribution in [2.45, 2.75) is 32.1 Å². The van der Waals surface area contributed by atoms with Gasteiger partial charge in [-0.05, 0) is 24.5 Å². The Morgan fingerprint density at radius 3 is 2.72 bits per heavy atom. The molecular formula is C19H24N4O2. The number of hydrogen-bond acceptors (Lipinski definition) is 5. The van der Waals surface area contributed by atoms with E-state index in [1.807, 2.05) is 11.0 Å². The van der Waals surface area contributed by atoms with Gasteiger partial charge in [-0.2, -0.15) is 0 Å². The zero-order valence-electron chi connectivity index (χ0n) is 14.6. The fourth-order valence-electron chi connectivity index (χ4n) is 3.47. The first-order valence-electron chi connectivity index (χ1n) is 9.08. The van der Waals surface area contributed by atoms with E-state index < -0.39 is 0 Å². The van der Waals surface area contributed by atoms with Gasteiger partial charge in [0.25, 0.3) is 0 Å². The molecule has 132 valence electrons. The molecule has 1 saturated carbocycles. The van der Waals surface area contributed by atoms with Crippen molar-refractivity contribution < 1.29 is 9.21 Å². The summed E-state index contributed by atoms with van der Waals surface area (Å²) < 4.78 is 5.90. The van der Waals surface area contributed by atoms with E-state index in [1.54, 1.807) is 18.6 Å². The molecular weight excluding hydrogens is 316 g/mol. The SMILES string of the molecule is CC1CC1c1ccc(CCC(=O)N2CCN(c3cnccn3)CC2)o1. The summed E-state index contributed by atoms with van der Waals surface area (Å²) in [7, 11) is 0. The van der Waals surface area contributed by atoms with Crippen LogP contribution >= 0.6 is 0 Å². The molecule has 0 radical (unpaired) electrons. The fourth-order valence-corrected chi connectivity index (χ4v) is 3.47. The Balaban J connectivity index is 1.24. The third kappa shape index (κ3) is 3.67. The number of rotatable bonds is 5. The van der Waals surface area contributed by atoms with Crippen molar-refractivity contribution in [1.82, 2.24) is 14.9 Å². The molecule has 0 bridgehead atoms. The minimum Gasteiger partial charge on any atom is -0.466 e. The van der Waals surface area contributed by atoms with E-state index in [9.17, 15) is 4.79 Å². The second-order valence-electron chi connectivity index (χ2n) is 7.06. The second-order valence-corrected chi connectivity index (χ2v) is 7.06. The summed E-state index contributed by atoms with van der Waals surface area (Å²) in [5, 5.41) is 0. The number of anilines is 1. The summed E-state index contributed by atoms with van der Waals surface area (Å²) in [5.41, 5.74) is 0. The van der Waals surface area contributed by atoms with Crippen LogP contribution < -0.4 is 4.90 Å². The van der Waals surface area contributed by atoms with Gasteiger partial charge in [0.2, 0.25) is 5.91 Å². The maximum Gasteiger partial charge on any atom is 0.223 e. The molecule has 0 aromatic carbocycles. The number of nitrogens with zero attached hydrogens (tertiary/aromatic N) is 4. The maximum atomic E-state index is 12.5. The van der Waals surface area contributed by atoms with Crippen molar-refractivity contribution in [1.29, 1.82) is 0 Å². The van der Waals surface area contributed by atoms with Gasteiger partial charge in [0, 0.05) is 57.3 Å². The van der Waals surface area contributed by atoms with Crippen LogP contribution in [-0.2, 0) is 11.2 Å². The average Bonchev–Trinajstić information content (AvgIpc) is 3.20. The molecule has 0 N–H and O–H groups in total. The average molecular weight is 340 g/mol. The van der Waals surface area contributed by atoms with Crippen LogP contribution in [-0.4, -0.2) is 47.0 Å². The largest absolute Gasteiger partial charge is 0.466 e. The van der Waals surface area contributed by atoms with Crippen LogP contribution in [0, 0.1) is 5.92 Å². The third-order valence-corrected chi connectivity index (χ3v) is 5.25. The number of furan rings is 1. The Morgan fingerprint density at radius 2 is 2.04 bits per heavy atom. The summed E-state index contributed by atoms with van der Waals surface area (Å²) in [6.07, 6.45) is 7.57. The van der Waals surface area contributed by atoms with Crippen LogP contribution in [0.15, 0.2) is 35.1 Å². The molecule has 2 unspecified atom stereocenters. The fraction of sp³-hybridized carbons (Fsp3) is 0.526. The molecule has 6 nitrogen and oxygen atoms in total. The van der Waals surface area contributed by atoms with Crippen LogP contribution in [0.1, 0.15) is 37.2 Å². The highest BCUT2D eigenvalue weighted by atomic mass is 16.3. The highest BCUT2D eigenvalue weighted by Gasteiger charge is 2.36. The van der Waals surface area contributed by atoms with E-state index in [0.29, 0.717) is 18.8 Å². The van der Waals surface area contributed by atoms with Crippen molar-refractivity contribution >= 4 is 11.7 Å². The van der Waals surface area contributed by atoms with Gasteiger partial charge in [0.15, 0.2) is 0 Å². The summed E-state index contributed by atoms with van der Waals surface area (Å²) in [4.78, 5) is 25.0. The highest BCUT2D eigenvalue weighted by molar-refractivity contribution is 5.76. The molecule has 2 aromatic heterocycles. The number of carbonyl (C=O) groups excluding carboxylic acids is 1. The molecule has 25 heavy (non-hydrogen) atoms. The molecule has 3 heterocycles. The third-order valence-electron chi connectivity index (χ3n) is 5.25. The minimum atomic E-state index is 0.205. The monoisotopic (exact) mass is 340 g/mol. The van der Waals surface area contributed by atoms with Gasteiger partial charge >= 0.3 is 0 Å². The van der Waals surface area contributed by atoms with E-state index in [2.05, 4.69) is 27.9 Å². The first-order chi connectivity index (χ1) is 12.2. The Kier molecular flexibility index (Phi) is 4.42. The quantitative estimate of drug-likeness (QED) is 0.837. The topological polar surface area (TPSA) is 62.5 Å². The van der Waals surface area contributed by atoms with Gasteiger partial charge in [-0.1, -0.05) is 6.92 Å². The van der Waals surface area contributed by atoms with E-state index in [-0.39, 0.29) is 5.91 Å². The van der Waals surface area contributed by atoms with Crippen LogP contribution in [0.2, 0.25) is 0 Å². The van der Waals surface area contributed by atoms with E-state index >= 15 is 0 Å². The summed E-state index contributed by atoms with van der Waals surface area (Å²) in [6, 6.07) is 4.10. The molecule has 1 aliphatic heterocycles. The number of carbonyl (C=O) groups is 1. The Hall–Kier alpha value is -2.37. The predicted octanol–water partition coefficient (Wildman–Crippen LogP) is 2.47. The first kappa shape index (κ1) is 16.1. The molecule has 2 fully saturated rings. The summed E-state index contributed by atoms with van der Waals surface area (Å²) in [6.45, 7) is 5.32. The Morgan fingerprint density at radius 1 is 1.24 bits per heavy atom. The maximum absolute atomic E-state index is 12.5. The Labute approximate surface area is 147 Å². The zero-order valence-corrected chi connectivity index (χ0v) is 14.6. The van der Waals surface area contributed by atoms with Crippen molar-refractivity contribution in [3.63, 3.8) is 0 Å². The van der Waals surface area contributed by atoms with Crippen molar-refractivity contribution in [3.05, 3.63) is 42.2 Å². The van der Waals surface area contributed by atoms with Gasteiger partial charge in [-0.3, -0.25) is 9.78 Å². The summed E-state index contributed by atoms with van der Waals surface area (Å²) in [5.74, 6) is 4.45. The van der Waals surface area contributed by atoms with Gasteiger partial charge < -0.3 is 14.2 Å². The molecule has 2 aromatic rings. The summed E-state index contributed by atoms with van der Waals surface area (Å²) >= 11 is 0. The van der Waals surface area contributed by atoms with Crippen molar-refractivity contribution in [3.8, 4) is 0 Å². The Bertz CT molecular complexity index is 722. The van der Waals surface area contributed by atoms with Crippen LogP contribution in [0.4, 0.5) is 5.82 Å². The number of aromatic nitrogens is 2. The molecule has 2 atom stereocenters. The van der Waals surface area contributed by atoms with Crippen LogP contribution in [0.3, 0.4) is 0 Å². The van der Waals surface area contributed by atoms with Crippen LogP contribution in [0.5, 0.6) is 0 Å². The number of amides is 1. The van der Waals surface area contributed by atoms with E-state index in [0.717, 1.165) is 49.4 Å². The molecule has 1 saturated heterocycles. The van der Waals surface area contributed by atoms with E-state index in [4.69, 9.17) is 4.42 Å². The highest BCUT2D eigenvalue weighted by Crippen LogP contribution is 2.47. The van der Waals surface area contributed by atoms with Crippen molar-refractivity contribution in [2.75, 3.05) is 31.1 Å². The number of hydrogen-bond donors (Lipinski definition) is 0. The van der Waals surface area contributed by atoms with Crippen LogP contribution in [0.25, 0.3) is 0 Å². The number of aryl methyl sites for hydroxylation is 1. The zero-order chi connectivity index (χ0) is 17.2.